The molecule has 0 fully saturated rings. The first-order valence-electron chi connectivity index (χ1n) is 15.1. The van der Waals surface area contributed by atoms with Gasteiger partial charge in [-0.2, -0.15) is 0 Å². The number of hydrogen-bond donors (Lipinski definition) is 1. The van der Waals surface area contributed by atoms with Gasteiger partial charge in [-0.15, -0.1) is 0 Å². The molecule has 49 heavy (non-hydrogen) atoms. The molecular formula is C35H36Cl3N3O7S. The second-order valence-corrected chi connectivity index (χ2v) is 13.8. The van der Waals surface area contributed by atoms with Crippen LogP contribution < -0.4 is 23.8 Å². The summed E-state index contributed by atoms with van der Waals surface area (Å²) in [6, 6.07) is 21.4. The van der Waals surface area contributed by atoms with Gasteiger partial charge in [-0.05, 0) is 55.0 Å². The van der Waals surface area contributed by atoms with E-state index >= 15 is 0 Å². The number of nitrogens with zero attached hydrogens (tertiary/aromatic N) is 2. The molecule has 0 aliphatic rings. The van der Waals surface area contributed by atoms with Gasteiger partial charge in [0.1, 0.15) is 18.3 Å². The van der Waals surface area contributed by atoms with Gasteiger partial charge in [0.15, 0.2) is 11.5 Å². The molecule has 4 rings (SSSR count). The van der Waals surface area contributed by atoms with Crippen LogP contribution in [0.25, 0.3) is 0 Å². The molecule has 0 aliphatic heterocycles. The molecular weight excluding hydrogens is 713 g/mol. The average molecular weight is 749 g/mol. The molecule has 0 aromatic heterocycles. The van der Waals surface area contributed by atoms with E-state index in [-0.39, 0.29) is 50.1 Å². The lowest BCUT2D eigenvalue weighted by Crippen LogP contribution is -2.53. The third-order valence-electron chi connectivity index (χ3n) is 7.64. The number of sulfonamides is 1. The van der Waals surface area contributed by atoms with Crippen LogP contribution in [0, 0.1) is 0 Å². The lowest BCUT2D eigenvalue weighted by Gasteiger charge is -2.34. The number of carbonyl (C=O) groups excluding carboxylic acids is 2. The van der Waals surface area contributed by atoms with Gasteiger partial charge in [0.2, 0.25) is 11.8 Å². The van der Waals surface area contributed by atoms with Crippen molar-refractivity contribution in [2.75, 3.05) is 38.7 Å². The summed E-state index contributed by atoms with van der Waals surface area (Å²) in [5.74, 6) is -0.585. The highest BCUT2D eigenvalue weighted by Crippen LogP contribution is 2.37. The molecule has 0 aliphatic carbocycles. The van der Waals surface area contributed by atoms with E-state index in [0.29, 0.717) is 17.9 Å². The van der Waals surface area contributed by atoms with E-state index in [4.69, 9.17) is 49.0 Å². The standard InChI is InChI=1S/C35H36Cl3N3O7S/c1-5-39-35(43)30(18-23-10-7-6-8-11-23)40(21-26-27(37)12-9-13-28(26)38)34(42)22-41(29-19-24(36)14-16-31(29)46-2)49(44,45)25-15-17-32(47-3)33(20-25)48-4/h6-17,19-20,30H,5,18,21-22H2,1-4H3,(H,39,43). The first-order chi connectivity index (χ1) is 23.4. The van der Waals surface area contributed by atoms with Gasteiger partial charge in [-0.3, -0.25) is 13.9 Å². The van der Waals surface area contributed by atoms with Crippen molar-refractivity contribution < 1.29 is 32.2 Å². The van der Waals surface area contributed by atoms with Crippen molar-refractivity contribution in [3.05, 3.63) is 111 Å². The van der Waals surface area contributed by atoms with E-state index < -0.39 is 34.4 Å². The van der Waals surface area contributed by atoms with Crippen molar-refractivity contribution in [2.24, 2.45) is 0 Å². The second kappa shape index (κ2) is 17.0. The number of likely N-dealkylation sites (N-methyl/N-ethyl adjacent to an activating group) is 1. The predicted octanol–water partition coefficient (Wildman–Crippen LogP) is 6.64. The van der Waals surface area contributed by atoms with Gasteiger partial charge in [0.25, 0.3) is 10.0 Å². The molecule has 1 atom stereocenters. The van der Waals surface area contributed by atoms with Crippen LogP contribution in [-0.2, 0) is 32.6 Å². The van der Waals surface area contributed by atoms with Crippen molar-refractivity contribution in [3.8, 4) is 17.2 Å². The Morgan fingerprint density at radius 2 is 1.43 bits per heavy atom. The van der Waals surface area contributed by atoms with Gasteiger partial charge >= 0.3 is 0 Å². The number of amides is 2. The van der Waals surface area contributed by atoms with Crippen LogP contribution in [0.1, 0.15) is 18.1 Å². The van der Waals surface area contributed by atoms with Gasteiger partial charge in [-0.1, -0.05) is 71.2 Å². The molecule has 14 heteroatoms. The SMILES string of the molecule is CCNC(=O)C(Cc1ccccc1)N(Cc1c(Cl)cccc1Cl)C(=O)CN(c1cc(Cl)ccc1OC)S(=O)(=O)c1ccc(OC)c(OC)c1. The van der Waals surface area contributed by atoms with Crippen molar-refractivity contribution in [2.45, 2.75) is 30.8 Å². The van der Waals surface area contributed by atoms with Gasteiger partial charge in [-0.25, -0.2) is 8.42 Å². The molecule has 4 aromatic rings. The van der Waals surface area contributed by atoms with Crippen LogP contribution in [0.2, 0.25) is 15.1 Å². The minimum Gasteiger partial charge on any atom is -0.495 e. The van der Waals surface area contributed by atoms with E-state index in [1.165, 1.54) is 62.6 Å². The molecule has 2 amide bonds. The summed E-state index contributed by atoms with van der Waals surface area (Å²) < 4.78 is 46.2. The Kier molecular flexibility index (Phi) is 13.0. The molecule has 0 saturated heterocycles. The molecule has 0 spiro atoms. The summed E-state index contributed by atoms with van der Waals surface area (Å²) in [6.07, 6.45) is 0.114. The van der Waals surface area contributed by atoms with E-state index in [1.807, 2.05) is 30.3 Å². The van der Waals surface area contributed by atoms with Crippen molar-refractivity contribution >= 4 is 62.3 Å². The molecule has 0 saturated carbocycles. The number of benzene rings is 4. The summed E-state index contributed by atoms with van der Waals surface area (Å²) in [6.45, 7) is 1.08. The second-order valence-electron chi connectivity index (χ2n) is 10.7. The number of hydrogen-bond acceptors (Lipinski definition) is 7. The molecule has 0 heterocycles. The smallest absolute Gasteiger partial charge is 0.265 e. The lowest BCUT2D eigenvalue weighted by atomic mass is 10.0. The zero-order chi connectivity index (χ0) is 35.7. The highest BCUT2D eigenvalue weighted by atomic mass is 35.5. The maximum absolute atomic E-state index is 14.7. The third kappa shape index (κ3) is 8.90. The minimum absolute atomic E-state index is 0.00789. The first kappa shape index (κ1) is 37.7. The Bertz CT molecular complexity index is 1870. The monoisotopic (exact) mass is 747 g/mol. The van der Waals surface area contributed by atoms with Crippen LogP contribution in [0.4, 0.5) is 5.69 Å². The van der Waals surface area contributed by atoms with Gasteiger partial charge in [0, 0.05) is 46.2 Å². The Morgan fingerprint density at radius 3 is 2.04 bits per heavy atom. The Labute approximate surface area is 301 Å². The average Bonchev–Trinajstić information content (AvgIpc) is 3.09. The zero-order valence-electron chi connectivity index (χ0n) is 27.3. The number of methoxy groups -OCH3 is 3. The number of rotatable bonds is 15. The molecule has 0 radical (unpaired) electrons. The fourth-order valence-corrected chi connectivity index (χ4v) is 7.29. The number of nitrogens with one attached hydrogen (secondary N) is 1. The van der Waals surface area contributed by atoms with Crippen molar-refractivity contribution in [1.29, 1.82) is 0 Å². The first-order valence-corrected chi connectivity index (χ1v) is 17.6. The number of halogens is 3. The maximum atomic E-state index is 14.7. The van der Waals surface area contributed by atoms with Gasteiger partial charge in [0.05, 0.1) is 31.9 Å². The lowest BCUT2D eigenvalue weighted by molar-refractivity contribution is -0.140. The molecule has 0 bridgehead atoms. The zero-order valence-corrected chi connectivity index (χ0v) is 30.4. The number of carbonyl (C=O) groups is 2. The molecule has 10 nitrogen and oxygen atoms in total. The summed E-state index contributed by atoms with van der Waals surface area (Å²) in [7, 11) is -0.366. The van der Waals surface area contributed by atoms with Crippen LogP contribution >= 0.6 is 34.8 Å². The quantitative estimate of drug-likeness (QED) is 0.145. The topological polar surface area (TPSA) is 114 Å². The summed E-state index contributed by atoms with van der Waals surface area (Å²) in [4.78, 5) is 29.5. The summed E-state index contributed by atoms with van der Waals surface area (Å²) in [5, 5.41) is 3.55. The Balaban J connectivity index is 1.90. The van der Waals surface area contributed by atoms with Crippen LogP contribution in [0.15, 0.2) is 89.8 Å². The normalized spacial score (nSPS) is 11.7. The fourth-order valence-electron chi connectivity index (χ4n) is 5.18. The highest BCUT2D eigenvalue weighted by molar-refractivity contribution is 7.92. The van der Waals surface area contributed by atoms with Gasteiger partial charge < -0.3 is 24.4 Å². The molecule has 4 aromatic carbocycles. The molecule has 1 unspecified atom stereocenters. The largest absolute Gasteiger partial charge is 0.495 e. The minimum atomic E-state index is -4.53. The Hall–Kier alpha value is -4.16. The van der Waals surface area contributed by atoms with E-state index in [0.717, 1.165) is 9.87 Å². The van der Waals surface area contributed by atoms with Crippen LogP contribution in [0.5, 0.6) is 17.2 Å². The molecule has 260 valence electrons. The third-order valence-corrected chi connectivity index (χ3v) is 10.3. The number of ether oxygens (including phenoxy) is 3. The van der Waals surface area contributed by atoms with E-state index in [2.05, 4.69) is 5.32 Å². The van der Waals surface area contributed by atoms with Crippen molar-refractivity contribution in [1.82, 2.24) is 10.2 Å². The fraction of sp³-hybridized carbons (Fsp3) is 0.257. The summed E-state index contributed by atoms with van der Waals surface area (Å²) in [5.41, 5.74) is 1.15. The Morgan fingerprint density at radius 1 is 0.796 bits per heavy atom. The number of anilines is 1. The van der Waals surface area contributed by atoms with Crippen molar-refractivity contribution in [3.63, 3.8) is 0 Å². The van der Waals surface area contributed by atoms with Crippen LogP contribution in [0.3, 0.4) is 0 Å². The predicted molar refractivity (Wildman–Crippen MR) is 192 cm³/mol. The summed E-state index contributed by atoms with van der Waals surface area (Å²) >= 11 is 19.5. The van der Waals surface area contributed by atoms with E-state index in [9.17, 15) is 18.0 Å². The van der Waals surface area contributed by atoms with E-state index in [1.54, 1.807) is 25.1 Å². The highest BCUT2D eigenvalue weighted by Gasteiger charge is 2.36. The molecule has 1 N–H and O–H groups in total. The van der Waals surface area contributed by atoms with Crippen LogP contribution in [-0.4, -0.2) is 65.6 Å². The maximum Gasteiger partial charge on any atom is 0.265 e.